The molecule has 1 N–H and O–H groups in total. The van der Waals surface area contributed by atoms with Crippen molar-refractivity contribution in [3.63, 3.8) is 0 Å². The predicted octanol–water partition coefficient (Wildman–Crippen LogP) is 3.72. The molecule has 0 aliphatic heterocycles. The van der Waals surface area contributed by atoms with Gasteiger partial charge < -0.3 is 5.11 Å². The van der Waals surface area contributed by atoms with Crippen molar-refractivity contribution in [2.75, 3.05) is 0 Å². The Morgan fingerprint density at radius 2 is 1.67 bits per heavy atom. The highest BCUT2D eigenvalue weighted by Crippen LogP contribution is 2.20. The maximum atomic E-state index is 10.7. The molecule has 0 unspecified atom stereocenters. The van der Waals surface area contributed by atoms with Gasteiger partial charge in [0.25, 0.3) is 0 Å². The lowest BCUT2D eigenvalue weighted by Crippen LogP contribution is -1.94. The average Bonchev–Trinajstić information content (AvgIpc) is 2.16. The summed E-state index contributed by atoms with van der Waals surface area (Å²) in [6, 6.07) is 10.8. The zero-order chi connectivity index (χ0) is 10.1. The van der Waals surface area contributed by atoms with Crippen LogP contribution in [-0.4, -0.2) is 11.1 Å². The Labute approximate surface area is 101 Å². The third kappa shape index (κ3) is 2.49. The molecule has 2 nitrogen and oxygen atoms in total. The van der Waals surface area contributed by atoms with Gasteiger partial charge in [-0.05, 0) is 35.0 Å². The van der Waals surface area contributed by atoms with Crippen LogP contribution in [0.15, 0.2) is 40.9 Å². The van der Waals surface area contributed by atoms with Crippen molar-refractivity contribution in [3.8, 4) is 0 Å². The van der Waals surface area contributed by atoms with Gasteiger partial charge in [-0.2, -0.15) is 0 Å². The molecule has 0 amide bonds. The van der Waals surface area contributed by atoms with Crippen LogP contribution in [0.3, 0.4) is 0 Å². The van der Waals surface area contributed by atoms with Crippen LogP contribution >= 0.6 is 28.3 Å². The summed E-state index contributed by atoms with van der Waals surface area (Å²) in [6.45, 7) is 0. The molecule has 0 aliphatic carbocycles. The highest BCUT2D eigenvalue weighted by atomic mass is 79.9. The van der Waals surface area contributed by atoms with E-state index < -0.39 is 5.97 Å². The van der Waals surface area contributed by atoms with Crippen molar-refractivity contribution in [3.05, 3.63) is 46.4 Å². The molecule has 0 fully saturated rings. The Kier molecular flexibility index (Phi) is 3.72. The van der Waals surface area contributed by atoms with E-state index in [0.717, 1.165) is 15.2 Å². The molecule has 0 atom stereocenters. The second-order valence-corrected chi connectivity index (χ2v) is 3.93. The van der Waals surface area contributed by atoms with E-state index in [1.165, 1.54) is 0 Å². The quantitative estimate of drug-likeness (QED) is 0.868. The van der Waals surface area contributed by atoms with Gasteiger partial charge >= 0.3 is 5.97 Å². The van der Waals surface area contributed by atoms with Crippen molar-refractivity contribution in [2.24, 2.45) is 0 Å². The standard InChI is InChI=1S/C11H7BrO2.ClH/c12-10-4-3-7-5-9(11(13)14)2-1-8(7)6-10;/h1-6H,(H,13,14);1H. The molecule has 0 saturated heterocycles. The molecule has 2 aromatic carbocycles. The topological polar surface area (TPSA) is 37.3 Å². The number of benzene rings is 2. The number of hydrogen-bond acceptors (Lipinski definition) is 1. The van der Waals surface area contributed by atoms with Gasteiger partial charge in [0, 0.05) is 4.47 Å². The lowest BCUT2D eigenvalue weighted by Gasteiger charge is -2.00. The van der Waals surface area contributed by atoms with Crippen LogP contribution in [0.4, 0.5) is 0 Å². The van der Waals surface area contributed by atoms with Gasteiger partial charge in [0.15, 0.2) is 0 Å². The first-order valence-electron chi connectivity index (χ1n) is 4.09. The molecule has 0 aromatic heterocycles. The molecular weight excluding hydrogens is 279 g/mol. The molecule has 0 spiro atoms. The number of carboxylic acids is 1. The zero-order valence-corrected chi connectivity index (χ0v) is 10.0. The van der Waals surface area contributed by atoms with E-state index in [1.807, 2.05) is 24.3 Å². The minimum Gasteiger partial charge on any atom is -0.478 e. The number of carboxylic acid groups (broad SMARTS) is 1. The molecule has 0 saturated carbocycles. The monoisotopic (exact) mass is 286 g/mol. The molecule has 4 heteroatoms. The summed E-state index contributed by atoms with van der Waals surface area (Å²) in [5, 5.41) is 10.8. The van der Waals surface area contributed by atoms with E-state index >= 15 is 0 Å². The highest BCUT2D eigenvalue weighted by molar-refractivity contribution is 9.10. The number of carbonyl (C=O) groups is 1. The number of aromatic carboxylic acids is 1. The third-order valence-electron chi connectivity index (χ3n) is 2.05. The van der Waals surface area contributed by atoms with Crippen molar-refractivity contribution >= 4 is 45.1 Å². The van der Waals surface area contributed by atoms with Crippen LogP contribution in [0.5, 0.6) is 0 Å². The van der Waals surface area contributed by atoms with Crippen molar-refractivity contribution < 1.29 is 9.90 Å². The molecule has 2 rings (SSSR count). The summed E-state index contributed by atoms with van der Waals surface area (Å²) >= 11 is 3.36. The van der Waals surface area contributed by atoms with Crippen molar-refractivity contribution in [2.45, 2.75) is 0 Å². The Balaban J connectivity index is 0.00000112. The summed E-state index contributed by atoms with van der Waals surface area (Å²) in [7, 11) is 0. The fourth-order valence-corrected chi connectivity index (χ4v) is 1.73. The first-order chi connectivity index (χ1) is 6.66. The van der Waals surface area contributed by atoms with Gasteiger partial charge in [0.05, 0.1) is 5.56 Å². The summed E-state index contributed by atoms with van der Waals surface area (Å²) in [6.07, 6.45) is 0. The lowest BCUT2D eigenvalue weighted by atomic mass is 10.1. The maximum absolute atomic E-state index is 10.7. The van der Waals surface area contributed by atoms with Crippen LogP contribution in [0.1, 0.15) is 10.4 Å². The third-order valence-corrected chi connectivity index (χ3v) is 2.54. The van der Waals surface area contributed by atoms with E-state index in [1.54, 1.807) is 12.1 Å². The van der Waals surface area contributed by atoms with E-state index in [0.29, 0.717) is 5.56 Å². The number of hydrogen-bond donors (Lipinski definition) is 1. The van der Waals surface area contributed by atoms with E-state index in [-0.39, 0.29) is 12.4 Å². The minimum absolute atomic E-state index is 0. The molecule has 15 heavy (non-hydrogen) atoms. The predicted molar refractivity (Wildman–Crippen MR) is 65.9 cm³/mol. The summed E-state index contributed by atoms with van der Waals surface area (Å²) < 4.78 is 0.994. The smallest absolute Gasteiger partial charge is 0.335 e. The largest absolute Gasteiger partial charge is 0.478 e. The molecule has 0 aliphatic rings. The van der Waals surface area contributed by atoms with Crippen molar-refractivity contribution in [1.82, 2.24) is 0 Å². The fraction of sp³-hybridized carbons (Fsp3) is 0. The van der Waals surface area contributed by atoms with E-state index in [9.17, 15) is 4.79 Å². The first kappa shape index (κ1) is 12.0. The molecule has 0 heterocycles. The number of fused-ring (bicyclic) bond motifs is 1. The van der Waals surface area contributed by atoms with Gasteiger partial charge in [-0.25, -0.2) is 4.79 Å². The normalized spacial score (nSPS) is 9.67. The zero-order valence-electron chi connectivity index (χ0n) is 7.61. The highest BCUT2D eigenvalue weighted by Gasteiger charge is 2.03. The molecule has 0 radical (unpaired) electrons. The molecule has 0 bridgehead atoms. The van der Waals surface area contributed by atoms with Gasteiger partial charge in [-0.3, -0.25) is 0 Å². The van der Waals surface area contributed by atoms with Crippen molar-refractivity contribution in [1.29, 1.82) is 0 Å². The minimum atomic E-state index is -0.894. The SMILES string of the molecule is Cl.O=C(O)c1ccc2cc(Br)ccc2c1. The number of halogens is 2. The first-order valence-corrected chi connectivity index (χ1v) is 4.89. The summed E-state index contributed by atoms with van der Waals surface area (Å²) in [4.78, 5) is 10.7. The van der Waals surface area contributed by atoms with Gasteiger partial charge in [-0.15, -0.1) is 12.4 Å². The summed E-state index contributed by atoms with van der Waals surface area (Å²) in [5.41, 5.74) is 0.319. The van der Waals surface area contributed by atoms with Crippen LogP contribution in [0.2, 0.25) is 0 Å². The molecule has 2 aromatic rings. The van der Waals surface area contributed by atoms with Gasteiger partial charge in [0.1, 0.15) is 0 Å². The lowest BCUT2D eigenvalue weighted by molar-refractivity contribution is 0.0697. The van der Waals surface area contributed by atoms with E-state index in [4.69, 9.17) is 5.11 Å². The van der Waals surface area contributed by atoms with Crippen LogP contribution in [0.25, 0.3) is 10.8 Å². The van der Waals surface area contributed by atoms with E-state index in [2.05, 4.69) is 15.9 Å². The Hall–Kier alpha value is -1.06. The Morgan fingerprint density at radius 3 is 2.33 bits per heavy atom. The number of rotatable bonds is 1. The second kappa shape index (κ2) is 4.64. The Morgan fingerprint density at radius 1 is 1.07 bits per heavy atom. The fourth-order valence-electron chi connectivity index (χ4n) is 1.35. The van der Waals surface area contributed by atoms with Gasteiger partial charge in [-0.1, -0.05) is 28.1 Å². The molecule has 78 valence electrons. The second-order valence-electron chi connectivity index (χ2n) is 3.01. The maximum Gasteiger partial charge on any atom is 0.335 e. The van der Waals surface area contributed by atoms with Gasteiger partial charge in [0.2, 0.25) is 0 Å². The summed E-state index contributed by atoms with van der Waals surface area (Å²) in [5.74, 6) is -0.894. The molecular formula is C11H8BrClO2. The Bertz CT molecular complexity index is 511. The van der Waals surface area contributed by atoms with Crippen LogP contribution in [-0.2, 0) is 0 Å². The van der Waals surface area contributed by atoms with Crippen LogP contribution < -0.4 is 0 Å². The average molecular weight is 288 g/mol. The van der Waals surface area contributed by atoms with Crippen LogP contribution in [0, 0.1) is 0 Å².